The van der Waals surface area contributed by atoms with Crippen LogP contribution in [-0.4, -0.2) is 33.6 Å². The highest BCUT2D eigenvalue weighted by Gasteiger charge is 2.35. The Morgan fingerprint density at radius 3 is 2.35 bits per heavy atom. The number of halogens is 6. The third-order valence-corrected chi connectivity index (χ3v) is 5.89. The Hall–Kier alpha value is -2.64. The summed E-state index contributed by atoms with van der Waals surface area (Å²) in [5, 5.41) is 1.81. The summed E-state index contributed by atoms with van der Waals surface area (Å²) in [7, 11) is -4.50. The minimum Gasteiger partial charge on any atom is -0.380 e. The molecule has 1 heterocycles. The number of carbonyl (C=O) groups is 1. The first-order chi connectivity index (χ1) is 14.4. The van der Waals surface area contributed by atoms with E-state index < -0.39 is 67.3 Å². The van der Waals surface area contributed by atoms with Crippen LogP contribution in [0.3, 0.4) is 0 Å². The monoisotopic (exact) mass is 468 g/mol. The number of rotatable bonds is 5. The van der Waals surface area contributed by atoms with Gasteiger partial charge < -0.3 is 10.1 Å². The van der Waals surface area contributed by atoms with Gasteiger partial charge in [-0.15, -0.1) is 0 Å². The number of amides is 1. The van der Waals surface area contributed by atoms with Gasteiger partial charge in [-0.05, 0) is 36.8 Å². The average molecular weight is 468 g/mol. The molecule has 2 N–H and O–H groups in total. The Bertz CT molecular complexity index is 1110. The zero-order chi connectivity index (χ0) is 23.0. The molecular formula is C18H14F6N2O4S. The lowest BCUT2D eigenvalue weighted by atomic mass is 10.1. The topological polar surface area (TPSA) is 84.5 Å². The lowest BCUT2D eigenvalue weighted by molar-refractivity contribution is -0.139. The lowest BCUT2D eigenvalue weighted by Gasteiger charge is -2.15. The maximum atomic E-state index is 14.8. The maximum absolute atomic E-state index is 14.8. The molecule has 1 aliphatic rings. The summed E-state index contributed by atoms with van der Waals surface area (Å²) in [6, 6.07) is 1.90. The Kier molecular flexibility index (Phi) is 6.30. The Balaban J connectivity index is 1.92. The summed E-state index contributed by atoms with van der Waals surface area (Å²) in [5.41, 5.74) is -3.64. The van der Waals surface area contributed by atoms with Crippen LogP contribution in [0.15, 0.2) is 35.2 Å². The molecular weight excluding hydrogens is 454 g/mol. The van der Waals surface area contributed by atoms with Crippen LogP contribution in [0.2, 0.25) is 0 Å². The molecule has 2 aromatic rings. The van der Waals surface area contributed by atoms with Crippen LogP contribution in [0.1, 0.15) is 22.3 Å². The van der Waals surface area contributed by atoms with Crippen LogP contribution in [0, 0.1) is 17.5 Å². The molecule has 168 valence electrons. The van der Waals surface area contributed by atoms with Gasteiger partial charge in [0.05, 0.1) is 12.2 Å². The minimum absolute atomic E-state index is 0.0431. The van der Waals surface area contributed by atoms with Crippen molar-refractivity contribution in [2.24, 2.45) is 0 Å². The van der Waals surface area contributed by atoms with Crippen molar-refractivity contribution in [1.82, 2.24) is 4.72 Å². The van der Waals surface area contributed by atoms with Gasteiger partial charge in [-0.1, -0.05) is 0 Å². The van der Waals surface area contributed by atoms with E-state index in [1.165, 1.54) is 0 Å². The van der Waals surface area contributed by atoms with Gasteiger partial charge in [-0.25, -0.2) is 26.3 Å². The highest BCUT2D eigenvalue weighted by atomic mass is 32.2. The second-order valence-corrected chi connectivity index (χ2v) is 8.25. The van der Waals surface area contributed by atoms with Crippen molar-refractivity contribution >= 4 is 21.6 Å². The number of ether oxygens (including phenoxy) is 1. The summed E-state index contributed by atoms with van der Waals surface area (Å²) in [6.07, 6.45) is -4.76. The third-order valence-electron chi connectivity index (χ3n) is 4.35. The molecule has 0 radical (unpaired) electrons. The van der Waals surface area contributed by atoms with Gasteiger partial charge in [0.25, 0.3) is 5.91 Å². The molecule has 31 heavy (non-hydrogen) atoms. The fourth-order valence-electron chi connectivity index (χ4n) is 2.87. The van der Waals surface area contributed by atoms with Gasteiger partial charge in [-0.2, -0.15) is 13.2 Å². The Morgan fingerprint density at radius 2 is 1.74 bits per heavy atom. The molecule has 1 saturated heterocycles. The molecule has 1 atom stereocenters. The summed E-state index contributed by atoms with van der Waals surface area (Å²) in [5.74, 6) is -6.35. The number of anilines is 1. The van der Waals surface area contributed by atoms with Crippen molar-refractivity contribution in [3.8, 4) is 0 Å². The molecule has 0 bridgehead atoms. The molecule has 1 amide bonds. The summed E-state index contributed by atoms with van der Waals surface area (Å²) < 4.78 is 113. The normalized spacial score (nSPS) is 17.0. The number of sulfonamides is 1. The van der Waals surface area contributed by atoms with Crippen LogP contribution in [0.5, 0.6) is 0 Å². The van der Waals surface area contributed by atoms with E-state index in [4.69, 9.17) is 4.74 Å². The first kappa shape index (κ1) is 23.0. The standard InChI is InChI=1S/C18H14F6N2O4S/c19-12-2-1-9(7-11(12)18(22,23)24)25-17(27)15-13(20)3-4-14(16(15)21)31(28,29)26-10-5-6-30-8-10/h1-4,7,10,26H,5-6,8H2,(H,25,27)/t10-/m0/s1. The van der Waals surface area contributed by atoms with Gasteiger partial charge >= 0.3 is 6.18 Å². The Labute approximate surface area is 172 Å². The first-order valence-corrected chi connectivity index (χ1v) is 10.1. The van der Waals surface area contributed by atoms with Crippen molar-refractivity contribution in [2.45, 2.75) is 23.5 Å². The van der Waals surface area contributed by atoms with Crippen LogP contribution < -0.4 is 10.0 Å². The van der Waals surface area contributed by atoms with E-state index >= 15 is 0 Å². The van der Waals surface area contributed by atoms with E-state index in [0.29, 0.717) is 24.6 Å². The number of carbonyl (C=O) groups excluding carboxylic acids is 1. The van der Waals surface area contributed by atoms with E-state index in [1.54, 1.807) is 0 Å². The van der Waals surface area contributed by atoms with Gasteiger partial charge in [0.1, 0.15) is 22.1 Å². The first-order valence-electron chi connectivity index (χ1n) is 8.66. The summed E-state index contributed by atoms with van der Waals surface area (Å²) in [6.45, 7) is 0.325. The van der Waals surface area contributed by atoms with E-state index in [-0.39, 0.29) is 19.3 Å². The molecule has 1 fully saturated rings. The van der Waals surface area contributed by atoms with Crippen LogP contribution in [-0.2, 0) is 20.9 Å². The van der Waals surface area contributed by atoms with Crippen molar-refractivity contribution in [2.75, 3.05) is 18.5 Å². The number of hydrogen-bond acceptors (Lipinski definition) is 4. The smallest absolute Gasteiger partial charge is 0.380 e. The van der Waals surface area contributed by atoms with Gasteiger partial charge in [-0.3, -0.25) is 4.79 Å². The van der Waals surface area contributed by atoms with Crippen molar-refractivity contribution in [3.63, 3.8) is 0 Å². The molecule has 6 nitrogen and oxygen atoms in total. The summed E-state index contributed by atoms with van der Waals surface area (Å²) >= 11 is 0. The molecule has 3 rings (SSSR count). The van der Waals surface area contributed by atoms with E-state index in [0.717, 1.165) is 6.07 Å². The quantitative estimate of drug-likeness (QED) is 0.659. The van der Waals surface area contributed by atoms with Crippen molar-refractivity contribution in [3.05, 3.63) is 58.9 Å². The molecule has 0 aliphatic carbocycles. The maximum Gasteiger partial charge on any atom is 0.419 e. The molecule has 0 aromatic heterocycles. The SMILES string of the molecule is O=C(Nc1ccc(F)c(C(F)(F)F)c1)c1c(F)ccc(S(=O)(=O)N[C@H]2CCOC2)c1F. The van der Waals surface area contributed by atoms with Gasteiger partial charge in [0, 0.05) is 18.3 Å². The Morgan fingerprint density at radius 1 is 1.06 bits per heavy atom. The highest BCUT2D eigenvalue weighted by molar-refractivity contribution is 7.89. The van der Waals surface area contributed by atoms with Crippen molar-refractivity contribution in [1.29, 1.82) is 0 Å². The number of hydrogen-bond donors (Lipinski definition) is 2. The highest BCUT2D eigenvalue weighted by Crippen LogP contribution is 2.33. The fraction of sp³-hybridized carbons (Fsp3) is 0.278. The van der Waals surface area contributed by atoms with Crippen LogP contribution in [0.25, 0.3) is 0 Å². The molecule has 0 spiro atoms. The van der Waals surface area contributed by atoms with Crippen LogP contribution >= 0.6 is 0 Å². The largest absolute Gasteiger partial charge is 0.419 e. The third kappa shape index (κ3) is 4.99. The van der Waals surface area contributed by atoms with E-state index in [9.17, 15) is 39.6 Å². The number of benzene rings is 2. The predicted octanol–water partition coefficient (Wildman–Crippen LogP) is 3.44. The summed E-state index contributed by atoms with van der Waals surface area (Å²) in [4.78, 5) is 11.3. The lowest BCUT2D eigenvalue weighted by Crippen LogP contribution is -2.35. The average Bonchev–Trinajstić information content (AvgIpc) is 3.14. The predicted molar refractivity (Wildman–Crippen MR) is 95.3 cm³/mol. The zero-order valence-corrected chi connectivity index (χ0v) is 16.2. The van der Waals surface area contributed by atoms with E-state index in [1.807, 2.05) is 5.32 Å². The molecule has 13 heteroatoms. The number of alkyl halides is 3. The molecule has 0 saturated carbocycles. The fourth-order valence-corrected chi connectivity index (χ4v) is 4.21. The van der Waals surface area contributed by atoms with Gasteiger partial charge in [0.15, 0.2) is 5.82 Å². The van der Waals surface area contributed by atoms with E-state index in [2.05, 4.69) is 4.72 Å². The molecule has 1 aliphatic heterocycles. The molecule has 0 unspecified atom stereocenters. The molecule has 2 aromatic carbocycles. The van der Waals surface area contributed by atoms with Gasteiger partial charge in [0.2, 0.25) is 10.0 Å². The second kappa shape index (κ2) is 8.48. The second-order valence-electron chi connectivity index (χ2n) is 6.56. The number of nitrogens with one attached hydrogen (secondary N) is 2. The van der Waals surface area contributed by atoms with Crippen LogP contribution in [0.4, 0.5) is 32.0 Å². The minimum atomic E-state index is -5.08. The van der Waals surface area contributed by atoms with Crippen molar-refractivity contribution < 1.29 is 44.3 Å². The zero-order valence-electron chi connectivity index (χ0n) is 15.4.